The zero-order chi connectivity index (χ0) is 13.0. The van der Waals surface area contributed by atoms with Gasteiger partial charge in [-0.25, -0.2) is 0 Å². The summed E-state index contributed by atoms with van der Waals surface area (Å²) in [7, 11) is 0. The van der Waals surface area contributed by atoms with Crippen molar-refractivity contribution in [3.63, 3.8) is 0 Å². The number of benzene rings is 1. The molecular weight excluding hydrogens is 308 g/mol. The smallest absolute Gasteiger partial charge is 0.387 e. The Morgan fingerprint density at radius 3 is 3.00 bits per heavy atom. The molecule has 100 valence electrons. The summed E-state index contributed by atoms with van der Waals surface area (Å²) < 4.78 is 35.5. The lowest BCUT2D eigenvalue weighted by atomic mass is 10.1. The lowest BCUT2D eigenvalue weighted by molar-refractivity contribution is -0.0511. The fraction of sp³-hybridized carbons (Fsp3) is 0.500. The first-order valence-electron chi connectivity index (χ1n) is 5.70. The number of morpholine rings is 1. The second kappa shape index (κ2) is 6.45. The SMILES string of the molecule is FC(F)Oc1ccc(Br)cc1C[C@@H]1CNCCO1. The fourth-order valence-corrected chi connectivity index (χ4v) is 2.32. The Labute approximate surface area is 113 Å². The van der Waals surface area contributed by atoms with Crippen LogP contribution in [0.2, 0.25) is 0 Å². The van der Waals surface area contributed by atoms with Crippen molar-refractivity contribution >= 4 is 15.9 Å². The Morgan fingerprint density at radius 1 is 1.50 bits per heavy atom. The average Bonchev–Trinajstić information content (AvgIpc) is 2.33. The third-order valence-corrected chi connectivity index (χ3v) is 3.18. The molecule has 1 fully saturated rings. The lowest BCUT2D eigenvalue weighted by Crippen LogP contribution is -2.39. The standard InChI is InChI=1S/C12H14BrF2NO2/c13-9-1-2-11(18-12(14)15)8(5-9)6-10-7-16-3-4-17-10/h1-2,5,10,12,16H,3-4,6-7H2/t10-/m1/s1. The van der Waals surface area contributed by atoms with E-state index in [1.54, 1.807) is 18.2 Å². The number of halogens is 3. The molecule has 1 aliphatic rings. The van der Waals surface area contributed by atoms with Gasteiger partial charge in [0.25, 0.3) is 0 Å². The Kier molecular flexibility index (Phi) is 4.91. The highest BCUT2D eigenvalue weighted by Crippen LogP contribution is 2.26. The van der Waals surface area contributed by atoms with E-state index in [9.17, 15) is 8.78 Å². The molecule has 0 aromatic heterocycles. The summed E-state index contributed by atoms with van der Waals surface area (Å²) in [5, 5.41) is 3.20. The molecule has 0 unspecified atom stereocenters. The van der Waals surface area contributed by atoms with Gasteiger partial charge in [-0.05, 0) is 23.8 Å². The zero-order valence-electron chi connectivity index (χ0n) is 9.67. The lowest BCUT2D eigenvalue weighted by Gasteiger charge is -2.24. The minimum atomic E-state index is -2.81. The van der Waals surface area contributed by atoms with Gasteiger partial charge < -0.3 is 14.8 Å². The molecule has 1 saturated heterocycles. The van der Waals surface area contributed by atoms with Crippen LogP contribution in [0, 0.1) is 0 Å². The second-order valence-corrected chi connectivity index (χ2v) is 4.95. The molecule has 1 heterocycles. The zero-order valence-corrected chi connectivity index (χ0v) is 11.3. The van der Waals surface area contributed by atoms with Crippen molar-refractivity contribution in [3.05, 3.63) is 28.2 Å². The van der Waals surface area contributed by atoms with E-state index in [4.69, 9.17) is 4.74 Å². The third-order valence-electron chi connectivity index (χ3n) is 2.69. The fourth-order valence-electron chi connectivity index (χ4n) is 1.91. The van der Waals surface area contributed by atoms with Gasteiger partial charge in [0.1, 0.15) is 5.75 Å². The Hall–Kier alpha value is -0.720. The van der Waals surface area contributed by atoms with Crippen LogP contribution in [0.25, 0.3) is 0 Å². The Morgan fingerprint density at radius 2 is 2.33 bits per heavy atom. The average molecular weight is 322 g/mol. The first kappa shape index (κ1) is 13.7. The van der Waals surface area contributed by atoms with Crippen LogP contribution >= 0.6 is 15.9 Å². The van der Waals surface area contributed by atoms with Crippen LogP contribution in [0.3, 0.4) is 0 Å². The van der Waals surface area contributed by atoms with E-state index in [0.717, 1.165) is 23.1 Å². The van der Waals surface area contributed by atoms with E-state index >= 15 is 0 Å². The van der Waals surface area contributed by atoms with E-state index in [1.807, 2.05) is 0 Å². The minimum Gasteiger partial charge on any atom is -0.435 e. The molecule has 1 aliphatic heterocycles. The van der Waals surface area contributed by atoms with Crippen LogP contribution in [0.5, 0.6) is 5.75 Å². The maximum atomic E-state index is 12.3. The third kappa shape index (κ3) is 3.90. The van der Waals surface area contributed by atoms with Gasteiger partial charge in [0.2, 0.25) is 0 Å². The van der Waals surface area contributed by atoms with E-state index in [1.165, 1.54) is 0 Å². The van der Waals surface area contributed by atoms with Crippen molar-refractivity contribution < 1.29 is 18.3 Å². The van der Waals surface area contributed by atoms with Crippen molar-refractivity contribution in [1.29, 1.82) is 0 Å². The normalized spacial score (nSPS) is 20.1. The molecule has 2 rings (SSSR count). The van der Waals surface area contributed by atoms with Gasteiger partial charge in [-0.2, -0.15) is 8.78 Å². The minimum absolute atomic E-state index is 0.00641. The largest absolute Gasteiger partial charge is 0.435 e. The number of ether oxygens (including phenoxy) is 2. The van der Waals surface area contributed by atoms with Gasteiger partial charge in [0.05, 0.1) is 12.7 Å². The molecule has 0 spiro atoms. The highest BCUT2D eigenvalue weighted by Gasteiger charge is 2.18. The number of nitrogens with one attached hydrogen (secondary N) is 1. The summed E-state index contributed by atoms with van der Waals surface area (Å²) in [5.74, 6) is 0.211. The summed E-state index contributed by atoms with van der Waals surface area (Å²) in [5.41, 5.74) is 0.721. The summed E-state index contributed by atoms with van der Waals surface area (Å²) in [6.07, 6.45) is 0.544. The molecular formula is C12H14BrF2NO2. The topological polar surface area (TPSA) is 30.5 Å². The van der Waals surface area contributed by atoms with Crippen LogP contribution in [0.15, 0.2) is 22.7 Å². The molecule has 0 radical (unpaired) electrons. The Bertz CT molecular complexity index is 398. The van der Waals surface area contributed by atoms with Crippen LogP contribution < -0.4 is 10.1 Å². The van der Waals surface area contributed by atoms with Crippen molar-refractivity contribution in [2.24, 2.45) is 0 Å². The second-order valence-electron chi connectivity index (χ2n) is 4.03. The molecule has 0 saturated carbocycles. The molecule has 1 N–H and O–H groups in total. The van der Waals surface area contributed by atoms with Gasteiger partial charge in [0, 0.05) is 24.0 Å². The molecule has 18 heavy (non-hydrogen) atoms. The highest BCUT2D eigenvalue weighted by molar-refractivity contribution is 9.10. The van der Waals surface area contributed by atoms with Gasteiger partial charge in [-0.3, -0.25) is 0 Å². The molecule has 0 amide bonds. The van der Waals surface area contributed by atoms with Crippen molar-refractivity contribution in [2.75, 3.05) is 19.7 Å². The number of rotatable bonds is 4. The summed E-state index contributed by atoms with van der Waals surface area (Å²) in [6, 6.07) is 5.01. The van der Waals surface area contributed by atoms with E-state index in [0.29, 0.717) is 13.0 Å². The van der Waals surface area contributed by atoms with Crippen LogP contribution in [-0.4, -0.2) is 32.4 Å². The number of hydrogen-bond acceptors (Lipinski definition) is 3. The van der Waals surface area contributed by atoms with E-state index in [2.05, 4.69) is 26.0 Å². The van der Waals surface area contributed by atoms with Crippen molar-refractivity contribution in [3.8, 4) is 5.75 Å². The molecule has 1 aromatic rings. The maximum Gasteiger partial charge on any atom is 0.387 e. The summed E-state index contributed by atoms with van der Waals surface area (Å²) in [6.45, 7) is -0.616. The van der Waals surface area contributed by atoms with Crippen LogP contribution in [0.1, 0.15) is 5.56 Å². The Balaban J connectivity index is 2.10. The predicted octanol–water partition coefficient (Wildman–Crippen LogP) is 2.58. The van der Waals surface area contributed by atoms with Gasteiger partial charge in [-0.1, -0.05) is 15.9 Å². The number of hydrogen-bond donors (Lipinski definition) is 1. The molecule has 1 atom stereocenters. The molecule has 3 nitrogen and oxygen atoms in total. The van der Waals surface area contributed by atoms with Crippen molar-refractivity contribution in [2.45, 2.75) is 19.1 Å². The molecule has 6 heteroatoms. The van der Waals surface area contributed by atoms with E-state index < -0.39 is 6.61 Å². The monoisotopic (exact) mass is 321 g/mol. The molecule has 1 aromatic carbocycles. The number of alkyl halides is 2. The maximum absolute atomic E-state index is 12.3. The van der Waals surface area contributed by atoms with E-state index in [-0.39, 0.29) is 11.9 Å². The van der Waals surface area contributed by atoms with Gasteiger partial charge >= 0.3 is 6.61 Å². The van der Waals surface area contributed by atoms with Gasteiger partial charge in [-0.15, -0.1) is 0 Å². The molecule has 0 aliphatic carbocycles. The molecule has 0 bridgehead atoms. The van der Waals surface area contributed by atoms with Gasteiger partial charge in [0.15, 0.2) is 0 Å². The van der Waals surface area contributed by atoms with Crippen molar-refractivity contribution in [1.82, 2.24) is 5.32 Å². The van der Waals surface area contributed by atoms with Crippen LogP contribution in [0.4, 0.5) is 8.78 Å². The highest BCUT2D eigenvalue weighted by atomic mass is 79.9. The first-order valence-corrected chi connectivity index (χ1v) is 6.50. The quantitative estimate of drug-likeness (QED) is 0.924. The summed E-state index contributed by atoms with van der Waals surface area (Å²) in [4.78, 5) is 0. The predicted molar refractivity (Wildman–Crippen MR) is 67.1 cm³/mol. The van der Waals surface area contributed by atoms with Crippen LogP contribution in [-0.2, 0) is 11.2 Å². The summed E-state index contributed by atoms with van der Waals surface area (Å²) >= 11 is 3.33. The first-order chi connectivity index (χ1) is 8.65.